The van der Waals surface area contributed by atoms with Gasteiger partial charge in [-0.15, -0.1) is 11.3 Å². The third kappa shape index (κ3) is 4.48. The molecule has 0 aliphatic carbocycles. The largest absolute Gasteiger partial charge is 0.456 e. The third-order valence-electron chi connectivity index (χ3n) is 3.22. The summed E-state index contributed by atoms with van der Waals surface area (Å²) in [4.78, 5) is 37.2. The van der Waals surface area contributed by atoms with Crippen LogP contribution in [0.1, 0.15) is 30.5 Å². The minimum absolute atomic E-state index is 0.161. The van der Waals surface area contributed by atoms with Gasteiger partial charge in [0.25, 0.3) is 5.91 Å². The molecular weight excluding hydrogens is 333 g/mol. The maximum Gasteiger partial charge on any atom is 0.325 e. The predicted molar refractivity (Wildman–Crippen MR) is 87.8 cm³/mol. The van der Waals surface area contributed by atoms with E-state index in [4.69, 9.17) is 4.74 Å². The second kappa shape index (κ2) is 7.83. The number of rotatable bonds is 6. The summed E-state index contributed by atoms with van der Waals surface area (Å²) < 4.78 is 18.3. The Bertz CT molecular complexity index is 785. The van der Waals surface area contributed by atoms with Crippen LogP contribution in [0.15, 0.2) is 30.3 Å². The van der Waals surface area contributed by atoms with Crippen LogP contribution in [-0.2, 0) is 9.53 Å². The lowest BCUT2D eigenvalue weighted by atomic mass is 10.2. The zero-order valence-electron chi connectivity index (χ0n) is 13.2. The Morgan fingerprint density at radius 2 is 1.88 bits per heavy atom. The molecule has 0 unspecified atom stereocenters. The topological polar surface area (TPSA) is 72.5 Å². The minimum Gasteiger partial charge on any atom is -0.456 e. The molecule has 1 N–H and O–H groups in total. The Hall–Kier alpha value is -2.54. The average Bonchev–Trinajstić information content (AvgIpc) is 2.89. The van der Waals surface area contributed by atoms with Gasteiger partial charge in [0, 0.05) is 15.3 Å². The first-order valence-electron chi connectivity index (χ1n) is 7.17. The molecule has 126 valence electrons. The lowest BCUT2D eigenvalue weighted by Crippen LogP contribution is -2.32. The van der Waals surface area contributed by atoms with Gasteiger partial charge in [-0.3, -0.25) is 14.4 Å². The van der Waals surface area contributed by atoms with Crippen molar-refractivity contribution in [3.8, 4) is 0 Å². The molecule has 2 aromatic rings. The van der Waals surface area contributed by atoms with Gasteiger partial charge in [0.15, 0.2) is 6.61 Å². The number of amides is 1. The molecule has 0 bridgehead atoms. The quantitative estimate of drug-likeness (QED) is 0.643. The fraction of sp³-hybridized carbons (Fsp3) is 0.235. The van der Waals surface area contributed by atoms with E-state index in [0.717, 1.165) is 15.8 Å². The summed E-state index contributed by atoms with van der Waals surface area (Å²) in [6.45, 7) is 2.87. The lowest BCUT2D eigenvalue weighted by molar-refractivity contribution is -0.141. The van der Waals surface area contributed by atoms with Gasteiger partial charge >= 0.3 is 5.97 Å². The van der Waals surface area contributed by atoms with Crippen molar-refractivity contribution in [3.63, 3.8) is 0 Å². The van der Waals surface area contributed by atoms with Gasteiger partial charge in [-0.1, -0.05) is 12.1 Å². The molecular formula is C17H16FNO4S. The maximum absolute atomic E-state index is 13.4. The zero-order valence-corrected chi connectivity index (χ0v) is 14.0. The van der Waals surface area contributed by atoms with Crippen molar-refractivity contribution >= 4 is 29.0 Å². The summed E-state index contributed by atoms with van der Waals surface area (Å²) in [6.07, 6.45) is 0. The van der Waals surface area contributed by atoms with Crippen molar-refractivity contribution in [2.75, 3.05) is 13.2 Å². The van der Waals surface area contributed by atoms with Crippen LogP contribution >= 0.6 is 11.3 Å². The number of nitrogens with one attached hydrogen (secondary N) is 1. The van der Waals surface area contributed by atoms with Crippen LogP contribution in [0.5, 0.6) is 0 Å². The molecule has 1 aromatic carbocycles. The average molecular weight is 349 g/mol. The fourth-order valence-electron chi connectivity index (χ4n) is 2.08. The van der Waals surface area contributed by atoms with E-state index in [1.807, 2.05) is 13.8 Å². The summed E-state index contributed by atoms with van der Waals surface area (Å²) >= 11 is 1.49. The molecule has 24 heavy (non-hydrogen) atoms. The predicted octanol–water partition coefficient (Wildman–Crippen LogP) is 2.66. The highest BCUT2D eigenvalue weighted by Crippen LogP contribution is 2.20. The molecule has 0 aliphatic heterocycles. The summed E-state index contributed by atoms with van der Waals surface area (Å²) in [5, 5.41) is 2.26. The molecule has 1 aromatic heterocycles. The molecule has 2 rings (SSSR count). The van der Waals surface area contributed by atoms with Crippen molar-refractivity contribution in [1.82, 2.24) is 5.32 Å². The first-order valence-corrected chi connectivity index (χ1v) is 7.98. The van der Waals surface area contributed by atoms with E-state index in [0.29, 0.717) is 5.56 Å². The number of Topliss-reactive ketones (excluding diaryl/α,β-unsaturated/α-hetero) is 1. The maximum atomic E-state index is 13.4. The Labute approximate surface area is 142 Å². The molecule has 0 radical (unpaired) electrons. The van der Waals surface area contributed by atoms with E-state index in [-0.39, 0.29) is 11.3 Å². The number of halogens is 1. The normalized spacial score (nSPS) is 10.3. The van der Waals surface area contributed by atoms with Gasteiger partial charge in [-0.05, 0) is 32.0 Å². The van der Waals surface area contributed by atoms with Crippen LogP contribution in [0.4, 0.5) is 4.39 Å². The summed E-state index contributed by atoms with van der Waals surface area (Å²) in [6, 6.07) is 7.18. The molecule has 0 saturated carbocycles. The molecule has 0 fully saturated rings. The number of hydrogen-bond acceptors (Lipinski definition) is 5. The van der Waals surface area contributed by atoms with Crippen LogP contribution in [0.25, 0.3) is 0 Å². The molecule has 0 saturated heterocycles. The van der Waals surface area contributed by atoms with Crippen LogP contribution in [-0.4, -0.2) is 30.8 Å². The van der Waals surface area contributed by atoms with Crippen molar-refractivity contribution in [2.24, 2.45) is 0 Å². The number of carbonyl (C=O) groups excluding carboxylic acids is 3. The SMILES string of the molecule is Cc1cc(C(=O)COC(=O)CNC(=O)c2ccccc2F)c(C)s1. The Morgan fingerprint density at radius 1 is 1.17 bits per heavy atom. The first kappa shape index (κ1) is 17.8. The summed E-state index contributed by atoms with van der Waals surface area (Å²) in [7, 11) is 0. The summed E-state index contributed by atoms with van der Waals surface area (Å²) in [5.74, 6) is -2.47. The van der Waals surface area contributed by atoms with Crippen LogP contribution in [0.3, 0.4) is 0 Å². The second-order valence-electron chi connectivity index (χ2n) is 5.07. The van der Waals surface area contributed by atoms with Gasteiger partial charge in [0.05, 0.1) is 5.56 Å². The van der Waals surface area contributed by atoms with Gasteiger partial charge in [-0.2, -0.15) is 0 Å². The van der Waals surface area contributed by atoms with Gasteiger partial charge < -0.3 is 10.1 Å². The fourth-order valence-corrected chi connectivity index (χ4v) is 3.02. The number of hydrogen-bond donors (Lipinski definition) is 1. The monoisotopic (exact) mass is 349 g/mol. The molecule has 5 nitrogen and oxygen atoms in total. The minimum atomic E-state index is -0.766. The van der Waals surface area contributed by atoms with E-state index < -0.39 is 30.8 Å². The highest BCUT2D eigenvalue weighted by molar-refractivity contribution is 7.12. The standard InChI is InChI=1S/C17H16FNO4S/c1-10-7-13(11(2)24-10)15(20)9-23-16(21)8-19-17(22)12-5-3-4-6-14(12)18/h3-7H,8-9H2,1-2H3,(H,19,22). The van der Waals surface area contributed by atoms with Crippen LogP contribution in [0, 0.1) is 19.7 Å². The first-order chi connectivity index (χ1) is 11.4. The molecule has 0 spiro atoms. The number of aryl methyl sites for hydroxylation is 2. The number of esters is 1. The highest BCUT2D eigenvalue weighted by Gasteiger charge is 2.16. The van der Waals surface area contributed by atoms with E-state index in [2.05, 4.69) is 5.32 Å². The van der Waals surface area contributed by atoms with Crippen molar-refractivity contribution in [3.05, 3.63) is 57.0 Å². The second-order valence-corrected chi connectivity index (χ2v) is 6.53. The lowest BCUT2D eigenvalue weighted by Gasteiger charge is -2.06. The van der Waals surface area contributed by atoms with E-state index in [1.54, 1.807) is 6.07 Å². The Morgan fingerprint density at radius 3 is 2.50 bits per heavy atom. The van der Waals surface area contributed by atoms with Gasteiger partial charge in [0.2, 0.25) is 5.78 Å². The number of carbonyl (C=O) groups is 3. The van der Waals surface area contributed by atoms with Crippen molar-refractivity contribution in [2.45, 2.75) is 13.8 Å². The van der Waals surface area contributed by atoms with Crippen LogP contribution in [0.2, 0.25) is 0 Å². The smallest absolute Gasteiger partial charge is 0.325 e. The van der Waals surface area contributed by atoms with E-state index >= 15 is 0 Å². The Kier molecular flexibility index (Phi) is 5.81. The molecule has 1 amide bonds. The molecule has 1 heterocycles. The molecule has 0 aliphatic rings. The van der Waals surface area contributed by atoms with E-state index in [1.165, 1.54) is 29.5 Å². The van der Waals surface area contributed by atoms with Crippen molar-refractivity contribution < 1.29 is 23.5 Å². The number of ketones is 1. The molecule has 7 heteroatoms. The van der Waals surface area contributed by atoms with Gasteiger partial charge in [-0.25, -0.2) is 4.39 Å². The Balaban J connectivity index is 1.81. The number of ether oxygens (including phenoxy) is 1. The summed E-state index contributed by atoms with van der Waals surface area (Å²) in [5.41, 5.74) is 0.367. The number of benzene rings is 1. The van der Waals surface area contributed by atoms with E-state index in [9.17, 15) is 18.8 Å². The van der Waals surface area contributed by atoms with Crippen molar-refractivity contribution in [1.29, 1.82) is 0 Å². The van der Waals surface area contributed by atoms with Crippen LogP contribution < -0.4 is 5.32 Å². The number of thiophene rings is 1. The zero-order chi connectivity index (χ0) is 17.7. The third-order valence-corrected chi connectivity index (χ3v) is 4.18. The molecule has 0 atom stereocenters. The highest BCUT2D eigenvalue weighted by atomic mass is 32.1. The van der Waals surface area contributed by atoms with Gasteiger partial charge in [0.1, 0.15) is 12.4 Å².